The van der Waals surface area contributed by atoms with Crippen molar-refractivity contribution in [2.24, 2.45) is 0 Å². The van der Waals surface area contributed by atoms with Gasteiger partial charge in [0, 0.05) is 5.69 Å². The molecule has 1 aromatic carbocycles. The standard InChI is InChI=1S/C11H13NO4/c1-7(13)9-5-8(12)3-4-10(9)16-6-11(14)15-2/h3-5H,6,12H2,1-2H3. The molecule has 0 aliphatic rings. The highest BCUT2D eigenvalue weighted by atomic mass is 16.6. The Bertz CT molecular complexity index is 414. The average molecular weight is 223 g/mol. The third-order valence-corrected chi connectivity index (χ3v) is 1.96. The predicted octanol–water partition coefficient (Wildman–Crippen LogP) is 1.02. The number of carbonyl (C=O) groups excluding carboxylic acids is 2. The number of nitrogen functional groups attached to an aromatic ring is 1. The lowest BCUT2D eigenvalue weighted by Crippen LogP contribution is -2.14. The lowest BCUT2D eigenvalue weighted by molar-refractivity contribution is -0.142. The zero-order valence-corrected chi connectivity index (χ0v) is 9.15. The number of hydrogen-bond acceptors (Lipinski definition) is 5. The maximum Gasteiger partial charge on any atom is 0.343 e. The summed E-state index contributed by atoms with van der Waals surface area (Å²) in [7, 11) is 1.26. The van der Waals surface area contributed by atoms with Crippen LogP contribution in [0.5, 0.6) is 5.75 Å². The number of nitrogens with two attached hydrogens (primary N) is 1. The van der Waals surface area contributed by atoms with E-state index in [0.29, 0.717) is 17.0 Å². The molecular formula is C11H13NO4. The molecule has 1 aromatic rings. The van der Waals surface area contributed by atoms with Crippen LogP contribution in [0.4, 0.5) is 5.69 Å². The van der Waals surface area contributed by atoms with E-state index in [0.717, 1.165) is 0 Å². The predicted molar refractivity (Wildman–Crippen MR) is 58.4 cm³/mol. The van der Waals surface area contributed by atoms with Gasteiger partial charge in [0.2, 0.25) is 0 Å². The smallest absolute Gasteiger partial charge is 0.343 e. The van der Waals surface area contributed by atoms with E-state index in [1.807, 2.05) is 0 Å². The monoisotopic (exact) mass is 223 g/mol. The van der Waals surface area contributed by atoms with Crippen LogP contribution in [0.15, 0.2) is 18.2 Å². The van der Waals surface area contributed by atoms with Gasteiger partial charge < -0.3 is 15.2 Å². The fourth-order valence-corrected chi connectivity index (χ4v) is 1.14. The summed E-state index contributed by atoms with van der Waals surface area (Å²) in [5, 5.41) is 0. The van der Waals surface area contributed by atoms with Crippen LogP contribution in [0.3, 0.4) is 0 Å². The van der Waals surface area contributed by atoms with E-state index in [1.54, 1.807) is 12.1 Å². The van der Waals surface area contributed by atoms with Crippen LogP contribution >= 0.6 is 0 Å². The number of rotatable bonds is 4. The molecule has 86 valence electrons. The Morgan fingerprint density at radius 1 is 1.38 bits per heavy atom. The van der Waals surface area contributed by atoms with Gasteiger partial charge >= 0.3 is 5.97 Å². The molecule has 0 bridgehead atoms. The zero-order valence-electron chi connectivity index (χ0n) is 9.15. The molecule has 0 fully saturated rings. The van der Waals surface area contributed by atoms with Crippen LogP contribution in [0.2, 0.25) is 0 Å². The Morgan fingerprint density at radius 2 is 2.06 bits per heavy atom. The minimum absolute atomic E-state index is 0.174. The molecule has 0 spiro atoms. The van der Waals surface area contributed by atoms with Crippen molar-refractivity contribution in [3.05, 3.63) is 23.8 Å². The topological polar surface area (TPSA) is 78.6 Å². The van der Waals surface area contributed by atoms with E-state index in [-0.39, 0.29) is 12.4 Å². The van der Waals surface area contributed by atoms with Crippen molar-refractivity contribution in [2.45, 2.75) is 6.92 Å². The Hall–Kier alpha value is -2.04. The fraction of sp³-hybridized carbons (Fsp3) is 0.273. The van der Waals surface area contributed by atoms with Crippen LogP contribution in [-0.2, 0) is 9.53 Å². The van der Waals surface area contributed by atoms with Crippen molar-refractivity contribution >= 4 is 17.4 Å². The van der Waals surface area contributed by atoms with Gasteiger partial charge in [0.15, 0.2) is 12.4 Å². The summed E-state index contributed by atoms with van der Waals surface area (Å²) in [4.78, 5) is 22.2. The molecule has 0 saturated carbocycles. The molecule has 1 rings (SSSR count). The second-order valence-electron chi connectivity index (χ2n) is 3.18. The first-order valence-electron chi connectivity index (χ1n) is 4.64. The van der Waals surface area contributed by atoms with Gasteiger partial charge in [0.1, 0.15) is 5.75 Å². The third kappa shape index (κ3) is 2.98. The van der Waals surface area contributed by atoms with Gasteiger partial charge in [0.25, 0.3) is 0 Å². The Kier molecular flexibility index (Phi) is 3.88. The van der Waals surface area contributed by atoms with Crippen LogP contribution in [-0.4, -0.2) is 25.5 Å². The van der Waals surface area contributed by atoms with Crippen LogP contribution in [0, 0.1) is 0 Å². The number of ketones is 1. The first-order valence-corrected chi connectivity index (χ1v) is 4.64. The molecule has 0 heterocycles. The van der Waals surface area contributed by atoms with E-state index in [4.69, 9.17) is 10.5 Å². The van der Waals surface area contributed by atoms with E-state index < -0.39 is 5.97 Å². The average Bonchev–Trinajstić information content (AvgIpc) is 2.26. The molecule has 0 amide bonds. The number of Topliss-reactive ketones (excluding diaryl/α,β-unsaturated/α-hetero) is 1. The molecule has 5 nitrogen and oxygen atoms in total. The summed E-state index contributed by atoms with van der Waals surface area (Å²) in [6, 6.07) is 4.66. The van der Waals surface area contributed by atoms with Gasteiger partial charge in [-0.05, 0) is 25.1 Å². The lowest BCUT2D eigenvalue weighted by Gasteiger charge is -2.09. The van der Waals surface area contributed by atoms with E-state index in [9.17, 15) is 9.59 Å². The molecule has 0 aliphatic heterocycles. The molecule has 0 aliphatic carbocycles. The van der Waals surface area contributed by atoms with Crippen molar-refractivity contribution < 1.29 is 19.1 Å². The van der Waals surface area contributed by atoms with Crippen LogP contribution in [0.1, 0.15) is 17.3 Å². The molecule has 5 heteroatoms. The highest BCUT2D eigenvalue weighted by Crippen LogP contribution is 2.21. The zero-order chi connectivity index (χ0) is 12.1. The molecule has 0 saturated heterocycles. The van der Waals surface area contributed by atoms with Gasteiger partial charge in [-0.25, -0.2) is 4.79 Å². The summed E-state index contributed by atoms with van der Waals surface area (Å²) < 4.78 is 9.58. The second kappa shape index (κ2) is 5.16. The van der Waals surface area contributed by atoms with E-state index in [1.165, 1.54) is 20.1 Å². The van der Waals surface area contributed by atoms with Gasteiger partial charge in [-0.15, -0.1) is 0 Å². The maximum absolute atomic E-state index is 11.3. The molecule has 0 radical (unpaired) electrons. The summed E-state index contributed by atoms with van der Waals surface area (Å²) in [5.41, 5.74) is 6.37. The summed E-state index contributed by atoms with van der Waals surface area (Å²) in [6.07, 6.45) is 0. The van der Waals surface area contributed by atoms with Crippen LogP contribution < -0.4 is 10.5 Å². The van der Waals surface area contributed by atoms with Gasteiger partial charge in [-0.1, -0.05) is 0 Å². The SMILES string of the molecule is COC(=O)COc1ccc(N)cc1C(C)=O. The largest absolute Gasteiger partial charge is 0.481 e. The number of ether oxygens (including phenoxy) is 2. The normalized spacial score (nSPS) is 9.62. The first kappa shape index (κ1) is 12.0. The Morgan fingerprint density at radius 3 is 2.62 bits per heavy atom. The van der Waals surface area contributed by atoms with Gasteiger partial charge in [0.05, 0.1) is 12.7 Å². The summed E-state index contributed by atoms with van der Waals surface area (Å²) in [6.45, 7) is 1.17. The Labute approximate surface area is 93.1 Å². The van der Waals surface area contributed by atoms with Crippen molar-refractivity contribution in [2.75, 3.05) is 19.5 Å². The number of hydrogen-bond donors (Lipinski definition) is 1. The maximum atomic E-state index is 11.3. The van der Waals surface area contributed by atoms with Crippen molar-refractivity contribution in [3.8, 4) is 5.75 Å². The third-order valence-electron chi connectivity index (χ3n) is 1.96. The van der Waals surface area contributed by atoms with Crippen molar-refractivity contribution in [3.63, 3.8) is 0 Å². The number of esters is 1. The quantitative estimate of drug-likeness (QED) is 0.468. The Balaban J connectivity index is 2.87. The number of carbonyl (C=O) groups is 2. The van der Waals surface area contributed by atoms with Crippen molar-refractivity contribution in [1.29, 1.82) is 0 Å². The minimum atomic E-state index is -0.508. The van der Waals surface area contributed by atoms with Gasteiger partial charge in [-0.2, -0.15) is 0 Å². The van der Waals surface area contributed by atoms with Crippen LogP contribution in [0.25, 0.3) is 0 Å². The number of benzene rings is 1. The second-order valence-corrected chi connectivity index (χ2v) is 3.18. The summed E-state index contributed by atoms with van der Waals surface area (Å²) >= 11 is 0. The summed E-state index contributed by atoms with van der Waals surface area (Å²) in [5.74, 6) is -0.356. The molecule has 0 atom stereocenters. The minimum Gasteiger partial charge on any atom is -0.481 e. The first-order chi connectivity index (χ1) is 7.54. The van der Waals surface area contributed by atoms with E-state index in [2.05, 4.69) is 4.74 Å². The molecule has 16 heavy (non-hydrogen) atoms. The molecule has 2 N–H and O–H groups in total. The highest BCUT2D eigenvalue weighted by molar-refractivity contribution is 5.97. The molecule has 0 unspecified atom stereocenters. The molecule has 0 aromatic heterocycles. The van der Waals surface area contributed by atoms with E-state index >= 15 is 0 Å². The molecular weight excluding hydrogens is 210 g/mol. The van der Waals surface area contributed by atoms with Crippen molar-refractivity contribution in [1.82, 2.24) is 0 Å². The highest BCUT2D eigenvalue weighted by Gasteiger charge is 2.10. The lowest BCUT2D eigenvalue weighted by atomic mass is 10.1. The van der Waals surface area contributed by atoms with Gasteiger partial charge in [-0.3, -0.25) is 4.79 Å². The number of anilines is 1. The number of methoxy groups -OCH3 is 1. The fourth-order valence-electron chi connectivity index (χ4n) is 1.14.